The largest absolute Gasteiger partial charge is 0.391 e. The van der Waals surface area contributed by atoms with Gasteiger partial charge in [-0.3, -0.25) is 4.79 Å². The molecule has 0 unspecified atom stereocenters. The van der Waals surface area contributed by atoms with Gasteiger partial charge in [-0.25, -0.2) is 4.98 Å². The fourth-order valence-electron chi connectivity index (χ4n) is 2.38. The van der Waals surface area contributed by atoms with Gasteiger partial charge in [-0.05, 0) is 32.6 Å². The van der Waals surface area contributed by atoms with Gasteiger partial charge in [-0.1, -0.05) is 0 Å². The van der Waals surface area contributed by atoms with Crippen LogP contribution in [0.3, 0.4) is 0 Å². The number of carbonyl (C=O) groups excluding carboxylic acids is 1. The van der Waals surface area contributed by atoms with Crippen LogP contribution in [0.15, 0.2) is 0 Å². The Kier molecular flexibility index (Phi) is 3.75. The first-order valence-electron chi connectivity index (χ1n) is 5.91. The number of halogens is 3. The Labute approximate surface area is 107 Å². The third-order valence-electron chi connectivity index (χ3n) is 3.50. The van der Waals surface area contributed by atoms with Crippen molar-refractivity contribution in [1.29, 1.82) is 0 Å². The minimum absolute atomic E-state index is 0.0843. The molecular weight excluding hydrogens is 263 g/mol. The Hall–Kier alpha value is -0.910. The summed E-state index contributed by atoms with van der Waals surface area (Å²) >= 11 is 1.31. The maximum absolute atomic E-state index is 12.5. The zero-order chi connectivity index (χ0) is 13.3. The van der Waals surface area contributed by atoms with Crippen LogP contribution in [0.1, 0.15) is 52.0 Å². The molecule has 0 bridgehead atoms. The molecule has 1 aromatic heterocycles. The van der Waals surface area contributed by atoms with E-state index >= 15 is 0 Å². The second-order valence-electron chi connectivity index (χ2n) is 4.71. The van der Waals surface area contributed by atoms with E-state index < -0.39 is 12.1 Å². The van der Waals surface area contributed by atoms with Gasteiger partial charge in [-0.2, -0.15) is 13.2 Å². The molecule has 0 aromatic carbocycles. The molecule has 100 valence electrons. The van der Waals surface area contributed by atoms with Crippen molar-refractivity contribution in [2.24, 2.45) is 5.92 Å². The van der Waals surface area contributed by atoms with E-state index in [-0.39, 0.29) is 18.8 Å². The number of aldehydes is 1. The molecule has 0 atom stereocenters. The highest BCUT2D eigenvalue weighted by Crippen LogP contribution is 2.43. The summed E-state index contributed by atoms with van der Waals surface area (Å²) in [5.74, 6) is -1.08. The zero-order valence-electron chi connectivity index (χ0n) is 9.96. The summed E-state index contributed by atoms with van der Waals surface area (Å²) in [7, 11) is 0. The van der Waals surface area contributed by atoms with Gasteiger partial charge in [0.2, 0.25) is 0 Å². The van der Waals surface area contributed by atoms with Crippen LogP contribution in [-0.2, 0) is 0 Å². The Morgan fingerprint density at radius 3 is 2.33 bits per heavy atom. The Balaban J connectivity index is 2.03. The molecule has 0 N–H and O–H groups in total. The lowest BCUT2D eigenvalue weighted by Gasteiger charge is -2.28. The Morgan fingerprint density at radius 1 is 1.28 bits per heavy atom. The number of hydrogen-bond acceptors (Lipinski definition) is 3. The molecule has 0 saturated heterocycles. The van der Waals surface area contributed by atoms with E-state index in [0.717, 1.165) is 11.3 Å². The number of nitrogens with zero attached hydrogens (tertiary/aromatic N) is 1. The molecule has 1 saturated carbocycles. The highest BCUT2D eigenvalue weighted by Gasteiger charge is 2.41. The van der Waals surface area contributed by atoms with Gasteiger partial charge in [0.15, 0.2) is 6.29 Å². The second-order valence-corrected chi connectivity index (χ2v) is 5.77. The van der Waals surface area contributed by atoms with E-state index in [1.165, 1.54) is 11.3 Å². The molecule has 6 heteroatoms. The molecule has 0 radical (unpaired) electrons. The fourth-order valence-corrected chi connectivity index (χ4v) is 3.43. The van der Waals surface area contributed by atoms with Gasteiger partial charge in [0.1, 0.15) is 0 Å². The van der Waals surface area contributed by atoms with Crippen LogP contribution < -0.4 is 0 Å². The average molecular weight is 277 g/mol. The Bertz CT molecular complexity index is 433. The highest BCUT2D eigenvalue weighted by molar-refractivity contribution is 7.13. The van der Waals surface area contributed by atoms with Crippen LogP contribution in [0.25, 0.3) is 0 Å². The van der Waals surface area contributed by atoms with Gasteiger partial charge in [0.25, 0.3) is 0 Å². The summed E-state index contributed by atoms with van der Waals surface area (Å²) in [5, 5.41) is 0.815. The molecule has 2 rings (SSSR count). The predicted molar refractivity (Wildman–Crippen MR) is 63.0 cm³/mol. The van der Waals surface area contributed by atoms with Gasteiger partial charge in [0.05, 0.1) is 21.5 Å². The van der Waals surface area contributed by atoms with Crippen LogP contribution in [0, 0.1) is 12.8 Å². The smallest absolute Gasteiger partial charge is 0.297 e. The summed E-state index contributed by atoms with van der Waals surface area (Å²) in [6.45, 7) is 1.76. The molecule has 2 nitrogen and oxygen atoms in total. The van der Waals surface area contributed by atoms with Crippen LogP contribution in [0.2, 0.25) is 0 Å². The van der Waals surface area contributed by atoms with Crippen molar-refractivity contribution in [3.63, 3.8) is 0 Å². The molecule has 18 heavy (non-hydrogen) atoms. The molecule has 1 aliphatic rings. The van der Waals surface area contributed by atoms with Crippen LogP contribution in [0.4, 0.5) is 13.2 Å². The predicted octanol–water partition coefficient (Wildman–Crippen LogP) is 4.10. The van der Waals surface area contributed by atoms with Crippen LogP contribution >= 0.6 is 11.3 Å². The topological polar surface area (TPSA) is 30.0 Å². The molecule has 0 aliphatic heterocycles. The van der Waals surface area contributed by atoms with E-state index in [2.05, 4.69) is 4.98 Å². The summed E-state index contributed by atoms with van der Waals surface area (Å²) in [6, 6.07) is 0. The van der Waals surface area contributed by atoms with E-state index in [1.807, 2.05) is 0 Å². The summed E-state index contributed by atoms with van der Waals surface area (Å²) in [4.78, 5) is 15.6. The van der Waals surface area contributed by atoms with Gasteiger partial charge >= 0.3 is 6.18 Å². The van der Waals surface area contributed by atoms with Crippen LogP contribution in [0.5, 0.6) is 0 Å². The van der Waals surface area contributed by atoms with Crippen molar-refractivity contribution in [1.82, 2.24) is 4.98 Å². The van der Waals surface area contributed by atoms with Crippen LogP contribution in [-0.4, -0.2) is 17.4 Å². The number of alkyl halides is 3. The van der Waals surface area contributed by atoms with Crippen molar-refractivity contribution in [3.05, 3.63) is 15.6 Å². The van der Waals surface area contributed by atoms with Gasteiger partial charge in [-0.15, -0.1) is 11.3 Å². The van der Waals surface area contributed by atoms with Gasteiger partial charge in [0, 0.05) is 5.92 Å². The lowest BCUT2D eigenvalue weighted by molar-refractivity contribution is -0.182. The van der Waals surface area contributed by atoms with Gasteiger partial charge < -0.3 is 0 Å². The minimum Gasteiger partial charge on any atom is -0.297 e. The van der Waals surface area contributed by atoms with Crippen molar-refractivity contribution < 1.29 is 18.0 Å². The first kappa shape index (κ1) is 13.5. The van der Waals surface area contributed by atoms with Crippen molar-refractivity contribution in [2.45, 2.75) is 44.7 Å². The summed E-state index contributed by atoms with van der Waals surface area (Å²) in [5.41, 5.74) is 0.683. The first-order chi connectivity index (χ1) is 8.41. The minimum atomic E-state index is -4.07. The number of aromatic nitrogens is 1. The summed E-state index contributed by atoms with van der Waals surface area (Å²) in [6.07, 6.45) is -1.95. The second kappa shape index (κ2) is 4.99. The fraction of sp³-hybridized carbons (Fsp3) is 0.667. The van der Waals surface area contributed by atoms with Crippen molar-refractivity contribution in [2.75, 3.05) is 0 Å². The number of carbonyl (C=O) groups is 1. The molecule has 1 aromatic rings. The average Bonchev–Trinajstić information content (AvgIpc) is 2.69. The lowest BCUT2D eigenvalue weighted by Crippen LogP contribution is -2.27. The number of hydrogen-bond donors (Lipinski definition) is 0. The third kappa shape index (κ3) is 2.74. The highest BCUT2D eigenvalue weighted by atomic mass is 32.1. The third-order valence-corrected chi connectivity index (χ3v) is 4.74. The monoisotopic (exact) mass is 277 g/mol. The molecule has 0 spiro atoms. The molecule has 0 amide bonds. The molecule has 1 aliphatic carbocycles. The first-order valence-corrected chi connectivity index (χ1v) is 6.72. The van der Waals surface area contributed by atoms with E-state index in [4.69, 9.17) is 0 Å². The van der Waals surface area contributed by atoms with Crippen molar-refractivity contribution >= 4 is 17.6 Å². The quantitative estimate of drug-likeness (QED) is 0.762. The molecule has 1 heterocycles. The maximum atomic E-state index is 12.5. The molecule has 1 fully saturated rings. The maximum Gasteiger partial charge on any atom is 0.391 e. The standard InChI is InChI=1S/C12H14F3NOS/c1-7-10(6-17)18-11(16-7)8-2-4-9(5-3-8)12(13,14)15/h6,8-9H,2-5H2,1H3. The molecular formula is C12H14F3NOS. The Morgan fingerprint density at radius 2 is 1.89 bits per heavy atom. The number of rotatable bonds is 2. The SMILES string of the molecule is Cc1nc(C2CCC(C(F)(F)F)CC2)sc1C=O. The lowest BCUT2D eigenvalue weighted by atomic mass is 9.82. The van der Waals surface area contributed by atoms with E-state index in [1.54, 1.807) is 6.92 Å². The summed E-state index contributed by atoms with van der Waals surface area (Å²) < 4.78 is 37.6. The normalized spacial score (nSPS) is 25.1. The van der Waals surface area contributed by atoms with Crippen molar-refractivity contribution in [3.8, 4) is 0 Å². The zero-order valence-corrected chi connectivity index (χ0v) is 10.8. The number of aryl methyl sites for hydroxylation is 1. The van der Waals surface area contributed by atoms with E-state index in [9.17, 15) is 18.0 Å². The number of thiazole rings is 1. The van der Waals surface area contributed by atoms with E-state index in [0.29, 0.717) is 23.4 Å².